The third-order valence-electron chi connectivity index (χ3n) is 4.11. The Balaban J connectivity index is 2.30. The standard InChI is InChI=1S/C21H24FNO2/c1-14(2)23-11-10-18-13-17(7-9-20(18)23)16(4)19(22)8-6-15(3)12-21(24)25-5/h6-14H,1-5H3. The fourth-order valence-corrected chi connectivity index (χ4v) is 2.61. The zero-order valence-corrected chi connectivity index (χ0v) is 15.3. The van der Waals surface area contributed by atoms with Gasteiger partial charge in [0.15, 0.2) is 0 Å². The molecule has 1 heterocycles. The summed E-state index contributed by atoms with van der Waals surface area (Å²) in [5.74, 6) is -0.788. The lowest BCUT2D eigenvalue weighted by atomic mass is 10.0. The summed E-state index contributed by atoms with van der Waals surface area (Å²) < 4.78 is 21.2. The highest BCUT2D eigenvalue weighted by atomic mass is 19.1. The van der Waals surface area contributed by atoms with Crippen molar-refractivity contribution in [1.82, 2.24) is 4.57 Å². The molecule has 0 fully saturated rings. The highest BCUT2D eigenvalue weighted by Gasteiger charge is 2.07. The average Bonchev–Trinajstić information content (AvgIpc) is 3.02. The zero-order valence-electron chi connectivity index (χ0n) is 15.3. The van der Waals surface area contributed by atoms with Crippen LogP contribution < -0.4 is 0 Å². The first kappa shape index (κ1) is 18.7. The van der Waals surface area contributed by atoms with Crippen LogP contribution in [0.15, 0.2) is 60.1 Å². The Morgan fingerprint density at radius 2 is 1.92 bits per heavy atom. The first-order chi connectivity index (χ1) is 11.8. The molecule has 1 aromatic heterocycles. The van der Waals surface area contributed by atoms with Crippen molar-refractivity contribution in [1.29, 1.82) is 0 Å². The van der Waals surface area contributed by atoms with Gasteiger partial charge in [-0.1, -0.05) is 12.1 Å². The van der Waals surface area contributed by atoms with Crippen LogP contribution >= 0.6 is 0 Å². The molecule has 1 aromatic carbocycles. The molecule has 25 heavy (non-hydrogen) atoms. The molecule has 0 unspecified atom stereocenters. The molecule has 0 spiro atoms. The predicted octanol–water partition coefficient (Wildman–Crippen LogP) is 5.60. The number of aromatic nitrogens is 1. The van der Waals surface area contributed by atoms with E-state index in [1.54, 1.807) is 19.9 Å². The summed E-state index contributed by atoms with van der Waals surface area (Å²) in [5, 5.41) is 1.09. The summed E-state index contributed by atoms with van der Waals surface area (Å²) >= 11 is 0. The Bertz CT molecular complexity index is 869. The minimum absolute atomic E-state index is 0.333. The molecule has 0 aliphatic heterocycles. The van der Waals surface area contributed by atoms with E-state index in [-0.39, 0.29) is 5.83 Å². The lowest BCUT2D eigenvalue weighted by Gasteiger charge is -2.10. The van der Waals surface area contributed by atoms with Gasteiger partial charge >= 0.3 is 5.97 Å². The number of hydrogen-bond donors (Lipinski definition) is 0. The Morgan fingerprint density at radius 3 is 2.56 bits per heavy atom. The Kier molecular flexibility index (Phi) is 5.97. The lowest BCUT2D eigenvalue weighted by molar-refractivity contribution is -0.134. The van der Waals surface area contributed by atoms with Crippen LogP contribution in [-0.4, -0.2) is 17.6 Å². The summed E-state index contributed by atoms with van der Waals surface area (Å²) in [6.07, 6.45) is 6.30. The maximum absolute atomic E-state index is 14.4. The van der Waals surface area contributed by atoms with Crippen LogP contribution in [0.5, 0.6) is 0 Å². The number of carbonyl (C=O) groups is 1. The number of esters is 1. The van der Waals surface area contributed by atoms with Crippen molar-refractivity contribution in [2.45, 2.75) is 33.7 Å². The van der Waals surface area contributed by atoms with Gasteiger partial charge in [-0.25, -0.2) is 9.18 Å². The van der Waals surface area contributed by atoms with Gasteiger partial charge in [-0.15, -0.1) is 0 Å². The Labute approximate surface area is 148 Å². The Hall–Kier alpha value is -2.62. The fraction of sp³-hybridized carbons (Fsp3) is 0.286. The van der Waals surface area contributed by atoms with Crippen LogP contribution in [0.25, 0.3) is 16.5 Å². The number of fused-ring (bicyclic) bond motifs is 1. The molecule has 0 bridgehead atoms. The molecule has 0 saturated carbocycles. The molecule has 132 valence electrons. The number of ether oxygens (including phenoxy) is 1. The topological polar surface area (TPSA) is 31.2 Å². The minimum Gasteiger partial charge on any atom is -0.466 e. The van der Waals surface area contributed by atoms with Gasteiger partial charge in [-0.3, -0.25) is 0 Å². The van der Waals surface area contributed by atoms with Crippen LogP contribution in [0.4, 0.5) is 4.39 Å². The van der Waals surface area contributed by atoms with E-state index in [2.05, 4.69) is 29.3 Å². The first-order valence-corrected chi connectivity index (χ1v) is 8.25. The lowest BCUT2D eigenvalue weighted by Crippen LogP contribution is -1.97. The number of rotatable bonds is 5. The molecule has 0 aliphatic rings. The summed E-state index contributed by atoms with van der Waals surface area (Å²) in [5.41, 5.74) is 3.16. The van der Waals surface area contributed by atoms with Gasteiger partial charge in [-0.2, -0.15) is 0 Å². The second kappa shape index (κ2) is 7.97. The molecule has 0 amide bonds. The third kappa shape index (κ3) is 4.47. The average molecular weight is 341 g/mol. The van der Waals surface area contributed by atoms with Crippen molar-refractivity contribution >= 4 is 22.4 Å². The Morgan fingerprint density at radius 1 is 1.20 bits per heavy atom. The van der Waals surface area contributed by atoms with Crippen LogP contribution in [-0.2, 0) is 9.53 Å². The van der Waals surface area contributed by atoms with Crippen LogP contribution in [0, 0.1) is 0 Å². The summed E-state index contributed by atoms with van der Waals surface area (Å²) in [6, 6.07) is 8.37. The van der Waals surface area contributed by atoms with E-state index >= 15 is 0 Å². The minimum atomic E-state index is -0.455. The van der Waals surface area contributed by atoms with Gasteiger partial charge < -0.3 is 9.30 Å². The molecule has 0 radical (unpaired) electrons. The highest BCUT2D eigenvalue weighted by Crippen LogP contribution is 2.26. The van der Waals surface area contributed by atoms with Crippen LogP contribution in [0.2, 0.25) is 0 Å². The van der Waals surface area contributed by atoms with E-state index in [9.17, 15) is 9.18 Å². The van der Waals surface area contributed by atoms with Crippen molar-refractivity contribution in [3.63, 3.8) is 0 Å². The van der Waals surface area contributed by atoms with Crippen molar-refractivity contribution in [2.24, 2.45) is 0 Å². The first-order valence-electron chi connectivity index (χ1n) is 8.25. The van der Waals surface area contributed by atoms with Gasteiger partial charge in [0, 0.05) is 29.2 Å². The van der Waals surface area contributed by atoms with Crippen molar-refractivity contribution < 1.29 is 13.9 Å². The van der Waals surface area contributed by atoms with E-state index in [1.807, 2.05) is 24.3 Å². The van der Waals surface area contributed by atoms with Gasteiger partial charge in [0.05, 0.1) is 7.11 Å². The maximum Gasteiger partial charge on any atom is 0.330 e. The van der Waals surface area contributed by atoms with Gasteiger partial charge in [0.1, 0.15) is 5.83 Å². The van der Waals surface area contributed by atoms with E-state index in [0.717, 1.165) is 16.5 Å². The molecule has 0 aliphatic carbocycles. The molecule has 2 aromatic rings. The molecule has 3 nitrogen and oxygen atoms in total. The summed E-state index contributed by atoms with van der Waals surface area (Å²) in [6.45, 7) is 7.73. The number of hydrogen-bond acceptors (Lipinski definition) is 2. The molecule has 0 saturated heterocycles. The quantitative estimate of drug-likeness (QED) is 0.403. The normalized spacial score (nSPS) is 13.6. The predicted molar refractivity (Wildman–Crippen MR) is 101 cm³/mol. The van der Waals surface area contributed by atoms with E-state index in [4.69, 9.17) is 0 Å². The van der Waals surface area contributed by atoms with Crippen LogP contribution in [0.1, 0.15) is 39.3 Å². The molecular weight excluding hydrogens is 317 g/mol. The largest absolute Gasteiger partial charge is 0.466 e. The number of nitrogens with zero attached hydrogens (tertiary/aromatic N) is 1. The number of methoxy groups -OCH3 is 1. The third-order valence-corrected chi connectivity index (χ3v) is 4.11. The van der Waals surface area contributed by atoms with Crippen molar-refractivity contribution in [2.75, 3.05) is 7.11 Å². The van der Waals surface area contributed by atoms with Gasteiger partial charge in [-0.05, 0) is 68.7 Å². The number of halogens is 1. The van der Waals surface area contributed by atoms with E-state index in [0.29, 0.717) is 17.2 Å². The smallest absolute Gasteiger partial charge is 0.330 e. The maximum atomic E-state index is 14.4. The second-order valence-corrected chi connectivity index (χ2v) is 6.31. The molecule has 2 rings (SSSR count). The second-order valence-electron chi connectivity index (χ2n) is 6.31. The molecule has 0 atom stereocenters. The van der Waals surface area contributed by atoms with Gasteiger partial charge in [0.25, 0.3) is 0 Å². The molecule has 0 N–H and O–H groups in total. The van der Waals surface area contributed by atoms with Crippen molar-refractivity contribution in [3.05, 3.63) is 65.7 Å². The highest BCUT2D eigenvalue weighted by molar-refractivity contribution is 5.85. The van der Waals surface area contributed by atoms with Crippen molar-refractivity contribution in [3.8, 4) is 0 Å². The number of carbonyl (C=O) groups excluding carboxylic acids is 1. The van der Waals surface area contributed by atoms with E-state index in [1.165, 1.54) is 19.3 Å². The number of benzene rings is 1. The van der Waals surface area contributed by atoms with E-state index < -0.39 is 5.97 Å². The SMILES string of the molecule is COC(=O)C=C(C)C=CC(F)=C(C)c1ccc2c(ccn2C(C)C)c1. The van der Waals surface area contributed by atoms with Gasteiger partial charge in [0.2, 0.25) is 0 Å². The number of allylic oxidation sites excluding steroid dienone is 5. The zero-order chi connectivity index (χ0) is 18.6. The monoisotopic (exact) mass is 341 g/mol. The summed E-state index contributed by atoms with van der Waals surface area (Å²) in [7, 11) is 1.31. The molecular formula is C21H24FNO2. The van der Waals surface area contributed by atoms with Crippen LogP contribution in [0.3, 0.4) is 0 Å². The molecule has 4 heteroatoms. The summed E-state index contributed by atoms with van der Waals surface area (Å²) in [4.78, 5) is 11.2. The fourth-order valence-electron chi connectivity index (χ4n) is 2.61.